The molecule has 1 amide bonds. The van der Waals surface area contributed by atoms with E-state index in [2.05, 4.69) is 10.1 Å². The monoisotopic (exact) mass is 264 g/mol. The summed E-state index contributed by atoms with van der Waals surface area (Å²) in [6.07, 6.45) is 4.44. The lowest BCUT2D eigenvalue weighted by atomic mass is 10.2. The maximum absolute atomic E-state index is 10.4. The number of carbonyl (C=O) groups is 1. The van der Waals surface area contributed by atoms with Crippen LogP contribution in [0.25, 0.3) is 10.6 Å². The highest BCUT2D eigenvalue weighted by molar-refractivity contribution is 7.16. The number of carbonyl (C=O) groups excluding carboxylic acids is 1. The zero-order chi connectivity index (χ0) is 12.5. The molecule has 2 aromatic heterocycles. The normalized spacial score (nSPS) is 15.5. The van der Waals surface area contributed by atoms with Crippen LogP contribution in [0.5, 0.6) is 5.19 Å². The maximum atomic E-state index is 10.4. The summed E-state index contributed by atoms with van der Waals surface area (Å²) < 4.78 is 7.48. The Hall–Kier alpha value is -1.89. The Morgan fingerprint density at radius 1 is 1.56 bits per heavy atom. The number of ether oxygens (including phenoxy) is 1. The van der Waals surface area contributed by atoms with Gasteiger partial charge in [0.2, 0.25) is 6.41 Å². The van der Waals surface area contributed by atoms with Gasteiger partial charge < -0.3 is 9.64 Å². The van der Waals surface area contributed by atoms with Crippen LogP contribution in [0.4, 0.5) is 0 Å². The van der Waals surface area contributed by atoms with Crippen molar-refractivity contribution < 1.29 is 9.53 Å². The molecule has 0 spiro atoms. The lowest BCUT2D eigenvalue weighted by Gasteiger charge is -2.35. The summed E-state index contributed by atoms with van der Waals surface area (Å²) in [6, 6.07) is 1.94. The van der Waals surface area contributed by atoms with Crippen LogP contribution >= 0.6 is 11.3 Å². The number of thiazole rings is 1. The SMILES string of the molecule is Cn1nccc1-c1cnc(OC2CN(C=O)C2)s1. The highest BCUT2D eigenvalue weighted by atomic mass is 32.1. The molecule has 3 rings (SSSR count). The van der Waals surface area contributed by atoms with Crippen molar-refractivity contribution in [1.29, 1.82) is 0 Å². The van der Waals surface area contributed by atoms with Crippen molar-refractivity contribution >= 4 is 17.7 Å². The van der Waals surface area contributed by atoms with E-state index in [0.717, 1.165) is 17.0 Å². The topological polar surface area (TPSA) is 60.2 Å². The number of amides is 1. The number of hydrogen-bond acceptors (Lipinski definition) is 5. The predicted octanol–water partition coefficient (Wildman–Crippen LogP) is 0.763. The van der Waals surface area contributed by atoms with Crippen LogP contribution in [-0.4, -0.2) is 45.3 Å². The number of aromatic nitrogens is 3. The van der Waals surface area contributed by atoms with E-state index in [1.165, 1.54) is 11.3 Å². The molecule has 0 radical (unpaired) electrons. The van der Waals surface area contributed by atoms with Gasteiger partial charge in [-0.1, -0.05) is 11.3 Å². The van der Waals surface area contributed by atoms with Gasteiger partial charge in [0.1, 0.15) is 6.10 Å². The molecule has 1 saturated heterocycles. The maximum Gasteiger partial charge on any atom is 0.274 e. The van der Waals surface area contributed by atoms with Gasteiger partial charge in [0, 0.05) is 13.2 Å². The molecule has 94 valence electrons. The van der Waals surface area contributed by atoms with Gasteiger partial charge in [-0.3, -0.25) is 9.48 Å². The minimum atomic E-state index is 0.0701. The van der Waals surface area contributed by atoms with Crippen LogP contribution in [0.3, 0.4) is 0 Å². The van der Waals surface area contributed by atoms with Gasteiger partial charge in [0.15, 0.2) is 0 Å². The third kappa shape index (κ3) is 1.97. The van der Waals surface area contributed by atoms with Crippen molar-refractivity contribution in [2.75, 3.05) is 13.1 Å². The number of rotatable bonds is 4. The van der Waals surface area contributed by atoms with Crippen molar-refractivity contribution in [3.8, 4) is 15.8 Å². The quantitative estimate of drug-likeness (QED) is 0.765. The number of likely N-dealkylation sites (tertiary alicyclic amines) is 1. The molecule has 0 N–H and O–H groups in total. The van der Waals surface area contributed by atoms with Gasteiger partial charge >= 0.3 is 0 Å². The second-order valence-corrected chi connectivity index (χ2v) is 5.12. The summed E-state index contributed by atoms with van der Waals surface area (Å²) in [7, 11) is 1.89. The molecule has 0 atom stereocenters. The minimum Gasteiger partial charge on any atom is -0.463 e. The molecule has 2 aromatic rings. The van der Waals surface area contributed by atoms with Crippen molar-refractivity contribution in [3.05, 3.63) is 18.5 Å². The Labute approximate surface area is 108 Å². The van der Waals surface area contributed by atoms with Crippen molar-refractivity contribution in [1.82, 2.24) is 19.7 Å². The lowest BCUT2D eigenvalue weighted by molar-refractivity contribution is -0.126. The third-order valence-corrected chi connectivity index (χ3v) is 3.76. The van der Waals surface area contributed by atoms with Crippen molar-refractivity contribution in [3.63, 3.8) is 0 Å². The molecule has 1 fully saturated rings. The molecule has 7 heteroatoms. The first-order valence-corrected chi connectivity index (χ1v) is 6.38. The Morgan fingerprint density at radius 3 is 3.06 bits per heavy atom. The largest absolute Gasteiger partial charge is 0.463 e. The third-order valence-electron chi connectivity index (χ3n) is 2.85. The fraction of sp³-hybridized carbons (Fsp3) is 0.364. The number of nitrogens with zero attached hydrogens (tertiary/aromatic N) is 4. The Balaban J connectivity index is 1.67. The highest BCUT2D eigenvalue weighted by Gasteiger charge is 2.28. The second kappa shape index (κ2) is 4.41. The molecule has 1 aliphatic heterocycles. The van der Waals surface area contributed by atoms with E-state index in [1.807, 2.05) is 13.1 Å². The molecule has 0 bridgehead atoms. The van der Waals surface area contributed by atoms with E-state index >= 15 is 0 Å². The Morgan fingerprint density at radius 2 is 2.39 bits per heavy atom. The van der Waals surface area contributed by atoms with Gasteiger partial charge in [0.25, 0.3) is 5.19 Å². The van der Waals surface area contributed by atoms with Crippen LogP contribution in [0.15, 0.2) is 18.5 Å². The average Bonchev–Trinajstić information content (AvgIpc) is 2.91. The van der Waals surface area contributed by atoms with Gasteiger partial charge in [-0.2, -0.15) is 5.10 Å². The Bertz CT molecular complexity index is 559. The fourth-order valence-electron chi connectivity index (χ4n) is 1.82. The zero-order valence-corrected chi connectivity index (χ0v) is 10.6. The molecule has 18 heavy (non-hydrogen) atoms. The molecule has 0 saturated carbocycles. The van der Waals surface area contributed by atoms with Crippen LogP contribution < -0.4 is 4.74 Å². The first kappa shape index (κ1) is 11.2. The van der Waals surface area contributed by atoms with Crippen molar-refractivity contribution in [2.24, 2.45) is 7.05 Å². The van der Waals surface area contributed by atoms with E-state index in [4.69, 9.17) is 4.74 Å². The molecule has 6 nitrogen and oxygen atoms in total. The molecule has 0 aliphatic carbocycles. The summed E-state index contributed by atoms with van der Waals surface area (Å²) in [5, 5.41) is 4.76. The Kier molecular flexibility index (Phi) is 2.75. The van der Waals surface area contributed by atoms with E-state index in [0.29, 0.717) is 18.3 Å². The summed E-state index contributed by atoms with van der Waals surface area (Å²) in [6.45, 7) is 1.29. The van der Waals surface area contributed by atoms with Gasteiger partial charge in [-0.05, 0) is 6.07 Å². The first-order valence-electron chi connectivity index (χ1n) is 5.56. The first-order chi connectivity index (χ1) is 8.76. The van der Waals surface area contributed by atoms with E-state index in [1.54, 1.807) is 22.0 Å². The van der Waals surface area contributed by atoms with Crippen LogP contribution in [-0.2, 0) is 11.8 Å². The van der Waals surface area contributed by atoms with E-state index in [9.17, 15) is 4.79 Å². The summed E-state index contributed by atoms with van der Waals surface area (Å²) in [5.74, 6) is 0. The lowest BCUT2D eigenvalue weighted by Crippen LogP contribution is -2.52. The number of aryl methyl sites for hydroxylation is 1. The van der Waals surface area contributed by atoms with Crippen molar-refractivity contribution in [2.45, 2.75) is 6.10 Å². The molecule has 0 unspecified atom stereocenters. The average molecular weight is 264 g/mol. The molecular weight excluding hydrogens is 252 g/mol. The highest BCUT2D eigenvalue weighted by Crippen LogP contribution is 2.31. The summed E-state index contributed by atoms with van der Waals surface area (Å²) >= 11 is 1.49. The second-order valence-electron chi connectivity index (χ2n) is 4.13. The minimum absolute atomic E-state index is 0.0701. The standard InChI is InChI=1S/C11H12N4O2S/c1-14-9(2-3-13-14)10-4-12-11(18-10)17-8-5-15(6-8)7-16/h2-4,7-8H,5-6H2,1H3. The molecule has 3 heterocycles. The number of hydrogen-bond donors (Lipinski definition) is 0. The van der Waals surface area contributed by atoms with Crippen LogP contribution in [0.2, 0.25) is 0 Å². The predicted molar refractivity (Wildman–Crippen MR) is 66.4 cm³/mol. The van der Waals surface area contributed by atoms with Gasteiger partial charge in [-0.25, -0.2) is 4.98 Å². The molecular formula is C11H12N4O2S. The molecule has 1 aliphatic rings. The van der Waals surface area contributed by atoms with E-state index in [-0.39, 0.29) is 6.10 Å². The van der Waals surface area contributed by atoms with Crippen LogP contribution in [0.1, 0.15) is 0 Å². The van der Waals surface area contributed by atoms with Crippen LogP contribution in [0, 0.1) is 0 Å². The smallest absolute Gasteiger partial charge is 0.274 e. The molecule has 0 aromatic carbocycles. The summed E-state index contributed by atoms with van der Waals surface area (Å²) in [5.41, 5.74) is 1.02. The van der Waals surface area contributed by atoms with Gasteiger partial charge in [0.05, 0.1) is 29.9 Å². The summed E-state index contributed by atoms with van der Waals surface area (Å²) in [4.78, 5) is 17.4. The van der Waals surface area contributed by atoms with E-state index < -0.39 is 0 Å². The van der Waals surface area contributed by atoms with Gasteiger partial charge in [-0.15, -0.1) is 0 Å². The fourth-order valence-corrected chi connectivity index (χ4v) is 2.71. The zero-order valence-electron chi connectivity index (χ0n) is 9.81.